The van der Waals surface area contributed by atoms with Crippen LogP contribution in [0.3, 0.4) is 0 Å². The standard InChI is InChI=1S/C32H40O5/c1-21-13-14-23-19-24-28(37-32(23,4)17-10-16-31(2,3)18-15-21)25(20-33)30(36-6)26(29(24)35-5)27(34)22-11-8-7-9-12-22/h7-12,15-16,23,33H,13-14,17-20H2,1-6H3/b16-10+,21-15+. The van der Waals surface area contributed by atoms with Crippen molar-refractivity contribution < 1.29 is 24.1 Å². The molecule has 2 aromatic rings. The lowest BCUT2D eigenvalue weighted by atomic mass is 9.75. The SMILES string of the molecule is COc1c(CO)c2c(c(OC)c1C(=O)c1ccccc1)CC1CC/C(C)=C/CC(C)(C)/C=C/CC1(C)O2. The van der Waals surface area contributed by atoms with Gasteiger partial charge in [0.15, 0.2) is 0 Å². The van der Waals surface area contributed by atoms with Crippen LogP contribution >= 0.6 is 0 Å². The highest BCUT2D eigenvalue weighted by atomic mass is 16.5. The van der Waals surface area contributed by atoms with E-state index in [4.69, 9.17) is 14.2 Å². The highest BCUT2D eigenvalue weighted by molar-refractivity contribution is 6.13. The Morgan fingerprint density at radius 3 is 2.43 bits per heavy atom. The first-order chi connectivity index (χ1) is 17.6. The second-order valence-electron chi connectivity index (χ2n) is 11.3. The molecule has 4 rings (SSSR count). The van der Waals surface area contributed by atoms with Gasteiger partial charge in [-0.05, 0) is 44.9 Å². The molecule has 2 atom stereocenters. The second-order valence-corrected chi connectivity index (χ2v) is 11.3. The molecule has 1 heterocycles. The van der Waals surface area contributed by atoms with E-state index in [0.717, 1.165) is 31.2 Å². The maximum Gasteiger partial charge on any atom is 0.200 e. The fraction of sp³-hybridized carbons (Fsp3) is 0.469. The van der Waals surface area contributed by atoms with E-state index in [9.17, 15) is 9.90 Å². The van der Waals surface area contributed by atoms with Crippen LogP contribution in [-0.2, 0) is 13.0 Å². The third-order valence-corrected chi connectivity index (χ3v) is 7.99. The number of ether oxygens (including phenoxy) is 3. The monoisotopic (exact) mass is 504 g/mol. The molecule has 0 saturated heterocycles. The molecule has 1 aliphatic carbocycles. The minimum absolute atomic E-state index is 0.0689. The molecule has 2 aromatic carbocycles. The lowest BCUT2D eigenvalue weighted by Gasteiger charge is -2.44. The van der Waals surface area contributed by atoms with E-state index >= 15 is 0 Å². The Labute approximate surface area is 221 Å². The number of hydrogen-bond donors (Lipinski definition) is 1. The molecular weight excluding hydrogens is 464 g/mol. The molecule has 0 saturated carbocycles. The van der Waals surface area contributed by atoms with Gasteiger partial charge in [0.25, 0.3) is 0 Å². The predicted octanol–water partition coefficient (Wildman–Crippen LogP) is 6.84. The summed E-state index contributed by atoms with van der Waals surface area (Å²) in [5.74, 6) is 1.35. The molecule has 1 N–H and O–H groups in total. The quantitative estimate of drug-likeness (QED) is 0.357. The van der Waals surface area contributed by atoms with E-state index < -0.39 is 5.60 Å². The van der Waals surface area contributed by atoms with Gasteiger partial charge in [-0.2, -0.15) is 0 Å². The molecule has 5 nitrogen and oxygen atoms in total. The Bertz CT molecular complexity index is 1210. The Morgan fingerprint density at radius 2 is 1.78 bits per heavy atom. The summed E-state index contributed by atoms with van der Waals surface area (Å²) >= 11 is 0. The highest BCUT2D eigenvalue weighted by Gasteiger charge is 2.44. The molecule has 37 heavy (non-hydrogen) atoms. The van der Waals surface area contributed by atoms with Gasteiger partial charge in [0.2, 0.25) is 5.78 Å². The summed E-state index contributed by atoms with van der Waals surface area (Å²) in [5, 5.41) is 10.5. The number of allylic oxidation sites excluding steroid dienone is 3. The molecule has 0 fully saturated rings. The number of benzene rings is 2. The van der Waals surface area contributed by atoms with Gasteiger partial charge in [-0.1, -0.05) is 68.0 Å². The average Bonchev–Trinajstić information content (AvgIpc) is 2.90. The van der Waals surface area contributed by atoms with Crippen LogP contribution in [0.1, 0.15) is 80.4 Å². The van der Waals surface area contributed by atoms with Gasteiger partial charge >= 0.3 is 0 Å². The molecule has 0 radical (unpaired) electrons. The molecule has 0 spiro atoms. The van der Waals surface area contributed by atoms with Crippen molar-refractivity contribution in [3.8, 4) is 17.2 Å². The zero-order valence-electron chi connectivity index (χ0n) is 23.0. The van der Waals surface area contributed by atoms with Gasteiger partial charge < -0.3 is 19.3 Å². The Hall–Kier alpha value is -3.05. The Morgan fingerprint density at radius 1 is 1.08 bits per heavy atom. The van der Waals surface area contributed by atoms with E-state index in [1.165, 1.54) is 12.7 Å². The van der Waals surface area contributed by atoms with E-state index in [1.54, 1.807) is 19.2 Å². The van der Waals surface area contributed by atoms with Crippen LogP contribution in [0.5, 0.6) is 17.2 Å². The van der Waals surface area contributed by atoms with Crippen molar-refractivity contribution in [2.45, 2.75) is 72.0 Å². The number of methoxy groups -OCH3 is 2. The van der Waals surface area contributed by atoms with Crippen LogP contribution in [-0.4, -0.2) is 30.7 Å². The Balaban J connectivity index is 1.89. The van der Waals surface area contributed by atoms with Crippen molar-refractivity contribution in [2.24, 2.45) is 11.3 Å². The number of fused-ring (bicyclic) bond motifs is 2. The molecular formula is C32H40O5. The normalized spacial score (nSPS) is 25.3. The summed E-state index contributed by atoms with van der Waals surface area (Å²) in [5.41, 5.74) is 3.17. The molecule has 0 aromatic heterocycles. The van der Waals surface area contributed by atoms with Crippen LogP contribution in [0.4, 0.5) is 0 Å². The van der Waals surface area contributed by atoms with Crippen molar-refractivity contribution in [2.75, 3.05) is 14.2 Å². The largest absolute Gasteiger partial charge is 0.495 e. The van der Waals surface area contributed by atoms with Crippen LogP contribution in [0, 0.1) is 11.3 Å². The number of carbonyl (C=O) groups is 1. The minimum atomic E-state index is -0.477. The first-order valence-electron chi connectivity index (χ1n) is 13.2. The molecule has 2 aliphatic rings. The predicted molar refractivity (Wildman–Crippen MR) is 147 cm³/mol. The molecule has 0 amide bonds. The first-order valence-corrected chi connectivity index (χ1v) is 13.2. The number of carbonyl (C=O) groups excluding carboxylic acids is 1. The van der Waals surface area contributed by atoms with E-state index in [0.29, 0.717) is 40.4 Å². The number of rotatable bonds is 5. The Kier molecular flexibility index (Phi) is 7.84. The van der Waals surface area contributed by atoms with E-state index in [-0.39, 0.29) is 23.7 Å². The molecule has 198 valence electrons. The van der Waals surface area contributed by atoms with E-state index in [1.807, 2.05) is 18.2 Å². The van der Waals surface area contributed by atoms with Gasteiger partial charge in [-0.25, -0.2) is 0 Å². The number of ketones is 1. The van der Waals surface area contributed by atoms with Gasteiger partial charge in [0.05, 0.1) is 26.4 Å². The van der Waals surface area contributed by atoms with Gasteiger partial charge in [0.1, 0.15) is 28.4 Å². The lowest BCUT2D eigenvalue weighted by molar-refractivity contribution is 0.00502. The molecule has 5 heteroatoms. The van der Waals surface area contributed by atoms with Crippen molar-refractivity contribution in [1.29, 1.82) is 0 Å². The van der Waals surface area contributed by atoms with Crippen LogP contribution in [0.15, 0.2) is 54.1 Å². The average molecular weight is 505 g/mol. The second kappa shape index (κ2) is 10.7. The summed E-state index contributed by atoms with van der Waals surface area (Å²) < 4.78 is 18.5. The van der Waals surface area contributed by atoms with Gasteiger partial charge in [-0.15, -0.1) is 0 Å². The van der Waals surface area contributed by atoms with Crippen molar-refractivity contribution >= 4 is 5.78 Å². The summed E-state index contributed by atoms with van der Waals surface area (Å²) in [6.07, 6.45) is 11.3. The number of aliphatic hydroxyl groups excluding tert-OH is 1. The van der Waals surface area contributed by atoms with Gasteiger partial charge in [0, 0.05) is 23.5 Å². The topological polar surface area (TPSA) is 65.0 Å². The minimum Gasteiger partial charge on any atom is -0.495 e. The van der Waals surface area contributed by atoms with E-state index in [2.05, 4.69) is 45.9 Å². The summed E-state index contributed by atoms with van der Waals surface area (Å²) in [4.78, 5) is 13.7. The fourth-order valence-corrected chi connectivity index (χ4v) is 5.65. The van der Waals surface area contributed by atoms with Crippen molar-refractivity contribution in [3.05, 3.63) is 76.4 Å². The zero-order valence-corrected chi connectivity index (χ0v) is 23.0. The highest BCUT2D eigenvalue weighted by Crippen LogP contribution is 2.52. The lowest BCUT2D eigenvalue weighted by Crippen LogP contribution is -2.45. The van der Waals surface area contributed by atoms with Crippen molar-refractivity contribution in [3.63, 3.8) is 0 Å². The van der Waals surface area contributed by atoms with Crippen LogP contribution < -0.4 is 14.2 Å². The third-order valence-electron chi connectivity index (χ3n) is 7.99. The summed E-state index contributed by atoms with van der Waals surface area (Å²) in [6, 6.07) is 9.10. The van der Waals surface area contributed by atoms with Crippen molar-refractivity contribution in [1.82, 2.24) is 0 Å². The molecule has 2 unspecified atom stereocenters. The van der Waals surface area contributed by atoms with Crippen LogP contribution in [0.25, 0.3) is 0 Å². The smallest absolute Gasteiger partial charge is 0.200 e. The summed E-state index contributed by atoms with van der Waals surface area (Å²) in [6.45, 7) is 8.58. The number of hydrogen-bond acceptors (Lipinski definition) is 5. The number of aliphatic hydroxyl groups is 1. The molecule has 0 bridgehead atoms. The third kappa shape index (κ3) is 5.33. The maximum atomic E-state index is 13.7. The zero-order chi connectivity index (χ0) is 26.8. The first kappa shape index (κ1) is 27.0. The maximum absolute atomic E-state index is 13.7. The molecule has 1 aliphatic heterocycles. The fourth-order valence-electron chi connectivity index (χ4n) is 5.65. The van der Waals surface area contributed by atoms with Crippen LogP contribution in [0.2, 0.25) is 0 Å². The summed E-state index contributed by atoms with van der Waals surface area (Å²) in [7, 11) is 3.10. The van der Waals surface area contributed by atoms with Gasteiger partial charge in [-0.3, -0.25) is 4.79 Å².